The molecular formula is C18H18ClN3O3S. The van der Waals surface area contributed by atoms with Crippen LogP contribution < -0.4 is 0 Å². The molecule has 3 aromatic rings. The van der Waals surface area contributed by atoms with Gasteiger partial charge in [-0.2, -0.15) is 4.98 Å². The molecule has 0 aliphatic heterocycles. The molecule has 2 aromatic heterocycles. The van der Waals surface area contributed by atoms with Crippen LogP contribution in [-0.4, -0.2) is 47.8 Å². The van der Waals surface area contributed by atoms with Gasteiger partial charge in [-0.05, 0) is 23.6 Å². The summed E-state index contributed by atoms with van der Waals surface area (Å²) >= 11 is 7.42. The average Bonchev–Trinajstić information content (AvgIpc) is 3.33. The molecule has 0 bridgehead atoms. The highest BCUT2D eigenvalue weighted by Crippen LogP contribution is 2.20. The maximum Gasteiger partial charge on any atom is 0.264 e. The molecule has 0 radical (unpaired) electrons. The minimum absolute atomic E-state index is 0.0216. The van der Waals surface area contributed by atoms with Crippen molar-refractivity contribution in [2.24, 2.45) is 0 Å². The lowest BCUT2D eigenvalue weighted by molar-refractivity contribution is 0.0698. The summed E-state index contributed by atoms with van der Waals surface area (Å²) in [4.78, 5) is 19.4. The molecule has 0 atom stereocenters. The van der Waals surface area contributed by atoms with E-state index >= 15 is 0 Å². The third kappa shape index (κ3) is 4.69. The molecule has 26 heavy (non-hydrogen) atoms. The Hall–Kier alpha value is -2.22. The molecule has 1 amide bonds. The van der Waals surface area contributed by atoms with Gasteiger partial charge in [0.05, 0.1) is 11.5 Å². The topological polar surface area (TPSA) is 68.5 Å². The molecule has 1 aromatic carbocycles. The van der Waals surface area contributed by atoms with Crippen molar-refractivity contribution < 1.29 is 14.1 Å². The fourth-order valence-corrected chi connectivity index (χ4v) is 3.29. The molecule has 0 fully saturated rings. The molecule has 0 aliphatic carbocycles. The lowest BCUT2D eigenvalue weighted by atomic mass is 10.2. The number of nitrogens with zero attached hydrogens (tertiary/aromatic N) is 3. The van der Waals surface area contributed by atoms with Gasteiger partial charge in [-0.3, -0.25) is 4.79 Å². The molecular weight excluding hydrogens is 374 g/mol. The van der Waals surface area contributed by atoms with E-state index in [-0.39, 0.29) is 5.91 Å². The first kappa shape index (κ1) is 18.6. The number of halogens is 1. The van der Waals surface area contributed by atoms with Crippen LogP contribution in [0, 0.1) is 0 Å². The predicted molar refractivity (Wildman–Crippen MR) is 101 cm³/mol. The predicted octanol–water partition coefficient (Wildman–Crippen LogP) is 3.78. The van der Waals surface area contributed by atoms with Crippen LogP contribution in [0.3, 0.4) is 0 Å². The Balaban J connectivity index is 1.66. The van der Waals surface area contributed by atoms with E-state index in [0.29, 0.717) is 47.7 Å². The van der Waals surface area contributed by atoms with Crippen LogP contribution in [0.1, 0.15) is 15.6 Å². The summed E-state index contributed by atoms with van der Waals surface area (Å²) in [5.41, 5.74) is 0.790. The van der Waals surface area contributed by atoms with Crippen molar-refractivity contribution in [2.75, 3.05) is 26.8 Å². The number of hydrogen-bond donors (Lipinski definition) is 0. The van der Waals surface area contributed by atoms with Crippen LogP contribution in [0.25, 0.3) is 11.4 Å². The number of amides is 1. The molecule has 0 saturated heterocycles. The quantitative estimate of drug-likeness (QED) is 0.584. The molecule has 3 rings (SSSR count). The Morgan fingerprint density at radius 2 is 2.19 bits per heavy atom. The van der Waals surface area contributed by atoms with Crippen LogP contribution in [0.5, 0.6) is 0 Å². The first-order valence-corrected chi connectivity index (χ1v) is 9.33. The Labute approximate surface area is 160 Å². The Morgan fingerprint density at radius 1 is 1.31 bits per heavy atom. The van der Waals surface area contributed by atoms with Crippen LogP contribution in [-0.2, 0) is 11.2 Å². The van der Waals surface area contributed by atoms with E-state index in [2.05, 4.69) is 10.1 Å². The second kappa shape index (κ2) is 8.93. The highest BCUT2D eigenvalue weighted by atomic mass is 35.5. The zero-order valence-corrected chi connectivity index (χ0v) is 15.8. The van der Waals surface area contributed by atoms with Crippen molar-refractivity contribution in [1.29, 1.82) is 0 Å². The molecule has 8 heteroatoms. The smallest absolute Gasteiger partial charge is 0.264 e. The van der Waals surface area contributed by atoms with Gasteiger partial charge in [-0.1, -0.05) is 35.0 Å². The second-order valence-electron chi connectivity index (χ2n) is 5.53. The lowest BCUT2D eigenvalue weighted by Gasteiger charge is -2.20. The van der Waals surface area contributed by atoms with E-state index in [1.165, 1.54) is 11.3 Å². The van der Waals surface area contributed by atoms with Crippen molar-refractivity contribution in [2.45, 2.75) is 6.42 Å². The number of aromatic nitrogens is 2. The molecule has 0 unspecified atom stereocenters. The molecule has 6 nitrogen and oxygen atoms in total. The van der Waals surface area contributed by atoms with Gasteiger partial charge in [0.15, 0.2) is 0 Å². The molecule has 136 valence electrons. The van der Waals surface area contributed by atoms with Crippen LogP contribution >= 0.6 is 22.9 Å². The van der Waals surface area contributed by atoms with Crippen molar-refractivity contribution in [3.63, 3.8) is 0 Å². The average molecular weight is 392 g/mol. The summed E-state index contributed by atoms with van der Waals surface area (Å²) in [5, 5.41) is 6.49. The van der Waals surface area contributed by atoms with Crippen molar-refractivity contribution in [1.82, 2.24) is 15.0 Å². The van der Waals surface area contributed by atoms with Gasteiger partial charge in [0.25, 0.3) is 5.91 Å². The summed E-state index contributed by atoms with van der Waals surface area (Å²) in [7, 11) is 1.61. The molecule has 0 N–H and O–H groups in total. The number of ether oxygens (including phenoxy) is 1. The van der Waals surface area contributed by atoms with Gasteiger partial charge in [-0.15, -0.1) is 11.3 Å². The Bertz CT molecular complexity index is 851. The van der Waals surface area contributed by atoms with E-state index in [1.807, 2.05) is 29.6 Å². The zero-order chi connectivity index (χ0) is 18.4. The van der Waals surface area contributed by atoms with Crippen LogP contribution in [0.15, 0.2) is 46.3 Å². The highest BCUT2D eigenvalue weighted by molar-refractivity contribution is 7.12. The number of methoxy groups -OCH3 is 1. The van der Waals surface area contributed by atoms with Gasteiger partial charge >= 0.3 is 0 Å². The normalized spacial score (nSPS) is 10.8. The van der Waals surface area contributed by atoms with E-state index in [9.17, 15) is 4.79 Å². The number of benzene rings is 1. The Morgan fingerprint density at radius 3 is 2.92 bits per heavy atom. The third-order valence-electron chi connectivity index (χ3n) is 3.73. The summed E-state index contributed by atoms with van der Waals surface area (Å²) < 4.78 is 10.4. The SMILES string of the molecule is COCCN(CCc1nc(-c2cccc(Cl)c2)no1)C(=O)c1cccs1. The largest absolute Gasteiger partial charge is 0.383 e. The van der Waals surface area contributed by atoms with Gasteiger partial charge in [0.1, 0.15) is 0 Å². The minimum atomic E-state index is -0.0216. The first-order valence-electron chi connectivity index (χ1n) is 8.07. The molecule has 0 aliphatic rings. The third-order valence-corrected chi connectivity index (χ3v) is 4.82. The molecule has 0 spiro atoms. The van der Waals surface area contributed by atoms with Crippen molar-refractivity contribution in [3.8, 4) is 11.4 Å². The monoisotopic (exact) mass is 391 g/mol. The van der Waals surface area contributed by atoms with Crippen molar-refractivity contribution in [3.05, 3.63) is 57.6 Å². The number of rotatable bonds is 8. The summed E-state index contributed by atoms with van der Waals surface area (Å²) in [6.07, 6.45) is 0.467. The van der Waals surface area contributed by atoms with Gasteiger partial charge in [-0.25, -0.2) is 0 Å². The number of hydrogen-bond acceptors (Lipinski definition) is 6. The maximum absolute atomic E-state index is 12.6. The van der Waals surface area contributed by atoms with Gasteiger partial charge < -0.3 is 14.2 Å². The second-order valence-corrected chi connectivity index (χ2v) is 6.92. The van der Waals surface area contributed by atoms with Crippen molar-refractivity contribution >= 4 is 28.8 Å². The zero-order valence-electron chi connectivity index (χ0n) is 14.2. The van der Waals surface area contributed by atoms with E-state index in [4.69, 9.17) is 20.9 Å². The Kier molecular flexibility index (Phi) is 6.38. The van der Waals surface area contributed by atoms with Gasteiger partial charge in [0, 0.05) is 37.2 Å². The van der Waals surface area contributed by atoms with Crippen LogP contribution in [0.4, 0.5) is 0 Å². The fourth-order valence-electron chi connectivity index (χ4n) is 2.40. The van der Waals surface area contributed by atoms with E-state index < -0.39 is 0 Å². The van der Waals surface area contributed by atoms with E-state index in [0.717, 1.165) is 5.56 Å². The summed E-state index contributed by atoms with van der Waals surface area (Å²) in [6.45, 7) is 1.44. The molecule has 0 saturated carbocycles. The number of carbonyl (C=O) groups is 1. The summed E-state index contributed by atoms with van der Waals surface area (Å²) in [6, 6.07) is 10.9. The van der Waals surface area contributed by atoms with Crippen LogP contribution in [0.2, 0.25) is 5.02 Å². The lowest BCUT2D eigenvalue weighted by Crippen LogP contribution is -2.35. The number of carbonyl (C=O) groups excluding carboxylic acids is 1. The highest BCUT2D eigenvalue weighted by Gasteiger charge is 2.18. The minimum Gasteiger partial charge on any atom is -0.383 e. The first-order chi connectivity index (χ1) is 12.7. The fraction of sp³-hybridized carbons (Fsp3) is 0.278. The maximum atomic E-state index is 12.6. The van der Waals surface area contributed by atoms with E-state index in [1.54, 1.807) is 24.1 Å². The van der Waals surface area contributed by atoms with Gasteiger partial charge in [0.2, 0.25) is 11.7 Å². The molecule has 2 heterocycles. The summed E-state index contributed by atoms with van der Waals surface area (Å²) in [5.74, 6) is 0.934. The number of thiophene rings is 1. The standard InChI is InChI=1S/C18H18ClN3O3S/c1-24-10-9-22(18(23)15-6-3-11-26-15)8-7-16-20-17(21-25-16)13-4-2-5-14(19)12-13/h2-6,11-12H,7-10H2,1H3.